The van der Waals surface area contributed by atoms with Crippen molar-refractivity contribution in [1.82, 2.24) is 14.6 Å². The second kappa shape index (κ2) is 6.17. The molecule has 1 fully saturated rings. The van der Waals surface area contributed by atoms with E-state index in [-0.39, 0.29) is 5.91 Å². The van der Waals surface area contributed by atoms with Crippen LogP contribution < -0.4 is 10.2 Å². The van der Waals surface area contributed by atoms with Gasteiger partial charge in [0.05, 0.1) is 17.6 Å². The van der Waals surface area contributed by atoms with Crippen molar-refractivity contribution in [2.75, 3.05) is 23.3 Å². The molecule has 3 rings (SSSR count). The normalized spacial score (nSPS) is 14.4. The summed E-state index contributed by atoms with van der Waals surface area (Å²) in [5, 5.41) is 6.80. The van der Waals surface area contributed by atoms with E-state index < -0.39 is 0 Å². The minimum Gasteiger partial charge on any atom is -0.357 e. The van der Waals surface area contributed by atoms with Crippen LogP contribution in [0, 0.1) is 0 Å². The first-order valence-corrected chi connectivity index (χ1v) is 7.89. The molecule has 0 atom stereocenters. The fraction of sp³-hybridized carbons (Fsp3) is 0.429. The molecule has 7 heteroatoms. The van der Waals surface area contributed by atoms with E-state index in [1.807, 2.05) is 19.1 Å². The molecule has 2 aromatic heterocycles. The summed E-state index contributed by atoms with van der Waals surface area (Å²) in [6.07, 6.45) is 4.84. The average Bonchev–Trinajstić information content (AvgIpc) is 3.19. The van der Waals surface area contributed by atoms with Crippen LogP contribution in [-0.4, -0.2) is 33.6 Å². The molecule has 0 bridgehead atoms. The number of rotatable bonds is 4. The molecule has 1 saturated heterocycles. The van der Waals surface area contributed by atoms with E-state index in [0.29, 0.717) is 17.0 Å². The third-order valence-electron chi connectivity index (χ3n) is 3.53. The number of anilines is 2. The lowest BCUT2D eigenvalue weighted by atomic mass is 10.3. The van der Waals surface area contributed by atoms with Crippen molar-refractivity contribution in [2.24, 2.45) is 0 Å². The van der Waals surface area contributed by atoms with Gasteiger partial charge in [0.25, 0.3) is 5.91 Å². The summed E-state index contributed by atoms with van der Waals surface area (Å²) < 4.78 is 3.83. The largest absolute Gasteiger partial charge is 0.357 e. The van der Waals surface area contributed by atoms with Crippen LogP contribution in [0.4, 0.5) is 11.5 Å². The van der Waals surface area contributed by atoms with E-state index in [4.69, 9.17) is 0 Å². The summed E-state index contributed by atoms with van der Waals surface area (Å²) >= 11 is 1.12. The predicted molar refractivity (Wildman–Crippen MR) is 82.9 cm³/mol. The lowest BCUT2D eigenvalue weighted by Crippen LogP contribution is -2.19. The van der Waals surface area contributed by atoms with Crippen LogP contribution in [0.25, 0.3) is 0 Å². The van der Waals surface area contributed by atoms with Crippen LogP contribution >= 0.6 is 11.5 Å². The summed E-state index contributed by atoms with van der Waals surface area (Å²) in [7, 11) is 0. The lowest BCUT2D eigenvalue weighted by molar-refractivity contribution is 0.102. The predicted octanol–water partition coefficient (Wildman–Crippen LogP) is 2.35. The van der Waals surface area contributed by atoms with Gasteiger partial charge < -0.3 is 10.2 Å². The highest BCUT2D eigenvalue weighted by Gasteiger charge is 2.16. The SMILES string of the molecule is CCc1nnsc1C(=O)Nc1ccc(N2CCCC2)nc1. The van der Waals surface area contributed by atoms with E-state index in [1.165, 1.54) is 12.8 Å². The highest BCUT2D eigenvalue weighted by atomic mass is 32.1. The van der Waals surface area contributed by atoms with Crippen molar-refractivity contribution in [3.63, 3.8) is 0 Å². The van der Waals surface area contributed by atoms with Crippen molar-refractivity contribution in [2.45, 2.75) is 26.2 Å². The smallest absolute Gasteiger partial charge is 0.269 e. The molecule has 21 heavy (non-hydrogen) atoms. The maximum Gasteiger partial charge on any atom is 0.269 e. The maximum atomic E-state index is 12.2. The Labute approximate surface area is 127 Å². The molecule has 0 radical (unpaired) electrons. The summed E-state index contributed by atoms with van der Waals surface area (Å²) in [4.78, 5) is 19.4. The molecular weight excluding hydrogens is 286 g/mol. The molecule has 1 N–H and O–H groups in total. The van der Waals surface area contributed by atoms with Crippen LogP contribution in [-0.2, 0) is 6.42 Å². The quantitative estimate of drug-likeness (QED) is 0.938. The molecular formula is C14H17N5OS. The number of nitrogens with one attached hydrogen (secondary N) is 1. The van der Waals surface area contributed by atoms with Gasteiger partial charge in [0.1, 0.15) is 10.7 Å². The number of pyridine rings is 1. The van der Waals surface area contributed by atoms with Gasteiger partial charge in [-0.3, -0.25) is 4.79 Å². The lowest BCUT2D eigenvalue weighted by Gasteiger charge is -2.16. The molecule has 2 aromatic rings. The standard InChI is InChI=1S/C14H17N5OS/c1-2-11-13(21-18-17-11)14(20)16-10-5-6-12(15-9-10)19-7-3-4-8-19/h5-6,9H,2-4,7-8H2,1H3,(H,16,20). The molecule has 1 aliphatic heterocycles. The molecule has 1 amide bonds. The van der Waals surface area contributed by atoms with Gasteiger partial charge >= 0.3 is 0 Å². The highest BCUT2D eigenvalue weighted by molar-refractivity contribution is 7.08. The van der Waals surface area contributed by atoms with E-state index in [0.717, 1.165) is 36.1 Å². The van der Waals surface area contributed by atoms with Gasteiger partial charge in [-0.1, -0.05) is 11.4 Å². The zero-order valence-electron chi connectivity index (χ0n) is 11.9. The van der Waals surface area contributed by atoms with Crippen LogP contribution in [0.1, 0.15) is 35.1 Å². The number of hydrogen-bond acceptors (Lipinski definition) is 6. The summed E-state index contributed by atoms with van der Waals surface area (Å²) in [5.41, 5.74) is 1.43. The number of carbonyl (C=O) groups excluding carboxylic acids is 1. The van der Waals surface area contributed by atoms with Crippen molar-refractivity contribution in [1.29, 1.82) is 0 Å². The van der Waals surface area contributed by atoms with E-state index in [9.17, 15) is 4.79 Å². The van der Waals surface area contributed by atoms with Crippen LogP contribution in [0.3, 0.4) is 0 Å². The molecule has 3 heterocycles. The zero-order chi connectivity index (χ0) is 14.7. The summed E-state index contributed by atoms with van der Waals surface area (Å²) in [6, 6.07) is 3.84. The van der Waals surface area contributed by atoms with Crippen molar-refractivity contribution in [3.8, 4) is 0 Å². The topological polar surface area (TPSA) is 71.0 Å². The van der Waals surface area contributed by atoms with Crippen LogP contribution in [0.2, 0.25) is 0 Å². The second-order valence-electron chi connectivity index (χ2n) is 4.96. The first kappa shape index (κ1) is 13.9. The number of aryl methyl sites for hydroxylation is 1. The summed E-state index contributed by atoms with van der Waals surface area (Å²) in [6.45, 7) is 4.08. The van der Waals surface area contributed by atoms with E-state index in [2.05, 4.69) is 24.8 Å². The summed E-state index contributed by atoms with van der Waals surface area (Å²) in [5.74, 6) is 0.803. The number of carbonyl (C=O) groups is 1. The minimum atomic E-state index is -0.169. The second-order valence-corrected chi connectivity index (χ2v) is 5.71. The third kappa shape index (κ3) is 3.02. The average molecular weight is 303 g/mol. The molecule has 0 spiro atoms. The Bertz CT molecular complexity index is 619. The zero-order valence-corrected chi connectivity index (χ0v) is 12.7. The molecule has 0 aromatic carbocycles. The Morgan fingerprint density at radius 2 is 2.19 bits per heavy atom. The Balaban J connectivity index is 1.68. The number of hydrogen-bond donors (Lipinski definition) is 1. The number of nitrogens with zero attached hydrogens (tertiary/aromatic N) is 4. The van der Waals surface area contributed by atoms with Gasteiger partial charge in [0.15, 0.2) is 0 Å². The number of amides is 1. The van der Waals surface area contributed by atoms with Crippen LogP contribution in [0.15, 0.2) is 18.3 Å². The molecule has 0 saturated carbocycles. The van der Waals surface area contributed by atoms with Gasteiger partial charge in [-0.05, 0) is 42.9 Å². The molecule has 6 nitrogen and oxygen atoms in total. The Morgan fingerprint density at radius 3 is 2.86 bits per heavy atom. The molecule has 0 unspecified atom stereocenters. The van der Waals surface area contributed by atoms with Gasteiger partial charge in [0, 0.05) is 13.1 Å². The van der Waals surface area contributed by atoms with Gasteiger partial charge in [0.2, 0.25) is 0 Å². The fourth-order valence-corrected chi connectivity index (χ4v) is 3.04. The molecule has 110 valence electrons. The monoisotopic (exact) mass is 303 g/mol. The van der Waals surface area contributed by atoms with Crippen LogP contribution in [0.5, 0.6) is 0 Å². The Kier molecular flexibility index (Phi) is 4.10. The first-order chi connectivity index (χ1) is 10.3. The van der Waals surface area contributed by atoms with Crippen molar-refractivity contribution in [3.05, 3.63) is 28.9 Å². The molecule has 0 aliphatic carbocycles. The highest BCUT2D eigenvalue weighted by Crippen LogP contribution is 2.20. The van der Waals surface area contributed by atoms with Crippen molar-refractivity contribution >= 4 is 28.9 Å². The van der Waals surface area contributed by atoms with E-state index in [1.54, 1.807) is 6.20 Å². The maximum absolute atomic E-state index is 12.2. The molecule has 1 aliphatic rings. The van der Waals surface area contributed by atoms with Gasteiger partial charge in [-0.2, -0.15) is 0 Å². The number of aromatic nitrogens is 3. The van der Waals surface area contributed by atoms with Gasteiger partial charge in [-0.25, -0.2) is 4.98 Å². The minimum absolute atomic E-state index is 0.169. The Hall–Kier alpha value is -2.02. The van der Waals surface area contributed by atoms with E-state index >= 15 is 0 Å². The first-order valence-electron chi connectivity index (χ1n) is 7.11. The third-order valence-corrected chi connectivity index (χ3v) is 4.30. The Morgan fingerprint density at radius 1 is 1.38 bits per heavy atom. The fourth-order valence-electron chi connectivity index (χ4n) is 2.39. The van der Waals surface area contributed by atoms with Gasteiger partial charge in [-0.15, -0.1) is 5.10 Å². The van der Waals surface area contributed by atoms with Crippen molar-refractivity contribution < 1.29 is 4.79 Å².